The van der Waals surface area contributed by atoms with Gasteiger partial charge in [0.1, 0.15) is 23.8 Å². The van der Waals surface area contributed by atoms with Crippen LogP contribution in [-0.2, 0) is 10.5 Å². The first-order valence-corrected chi connectivity index (χ1v) is 14.0. The van der Waals surface area contributed by atoms with Gasteiger partial charge in [0, 0.05) is 37.2 Å². The van der Waals surface area contributed by atoms with Crippen LogP contribution in [0.5, 0.6) is 5.75 Å². The molecule has 0 spiro atoms. The molecule has 0 saturated carbocycles. The molecule has 1 amide bonds. The number of carbonyl (C=O) groups is 1. The molecule has 2 saturated heterocycles. The van der Waals surface area contributed by atoms with E-state index in [9.17, 15) is 9.18 Å². The van der Waals surface area contributed by atoms with E-state index in [1.165, 1.54) is 6.07 Å². The number of nitrogens with zero attached hydrogens (tertiary/aromatic N) is 3. The number of aromatic nitrogens is 1. The molecule has 3 atom stereocenters. The Bertz CT molecular complexity index is 1270. The van der Waals surface area contributed by atoms with Crippen LogP contribution in [0.2, 0.25) is 0 Å². The van der Waals surface area contributed by atoms with Crippen LogP contribution in [0.15, 0.2) is 60.8 Å². The van der Waals surface area contributed by atoms with Gasteiger partial charge in [-0.1, -0.05) is 35.7 Å². The van der Waals surface area contributed by atoms with E-state index in [1.54, 1.807) is 30.0 Å². The summed E-state index contributed by atoms with van der Waals surface area (Å²) in [4.78, 5) is 19.6. The average molecular weight is 536 g/mol. The van der Waals surface area contributed by atoms with Gasteiger partial charge in [-0.15, -0.1) is 0 Å². The zero-order chi connectivity index (χ0) is 26.6. The summed E-state index contributed by atoms with van der Waals surface area (Å²) in [6.45, 7) is 5.70. The largest absolute Gasteiger partial charge is 0.486 e. The summed E-state index contributed by atoms with van der Waals surface area (Å²) in [5.74, 6) is 0.712. The molecule has 2 aliphatic heterocycles. The lowest BCUT2D eigenvalue weighted by molar-refractivity contribution is 0.0338. The first-order chi connectivity index (χ1) is 18.4. The van der Waals surface area contributed by atoms with Crippen molar-refractivity contribution in [2.24, 2.45) is 0 Å². The normalized spacial score (nSPS) is 21.7. The average Bonchev–Trinajstić information content (AvgIpc) is 3.55. The Morgan fingerprint density at radius 2 is 1.95 bits per heavy atom. The number of carbonyl (C=O) groups excluding carboxylic acids is 1. The predicted molar refractivity (Wildman–Crippen MR) is 148 cm³/mol. The van der Waals surface area contributed by atoms with Crippen LogP contribution in [-0.4, -0.2) is 59.0 Å². The lowest BCUT2D eigenvalue weighted by Crippen LogP contribution is -2.32. The second-order valence-electron chi connectivity index (χ2n) is 10.1. The third kappa shape index (κ3) is 6.03. The highest BCUT2D eigenvalue weighted by Gasteiger charge is 2.38. The molecule has 2 fully saturated rings. The van der Waals surface area contributed by atoms with Gasteiger partial charge in [0.05, 0.1) is 24.8 Å². The fourth-order valence-corrected chi connectivity index (χ4v) is 6.39. The van der Waals surface area contributed by atoms with Crippen LogP contribution in [0.4, 0.5) is 4.39 Å². The number of pyridine rings is 1. The van der Waals surface area contributed by atoms with Crippen LogP contribution in [0, 0.1) is 19.7 Å². The van der Waals surface area contributed by atoms with Crippen molar-refractivity contribution in [1.82, 2.24) is 14.2 Å². The van der Waals surface area contributed by atoms with Crippen molar-refractivity contribution in [3.8, 4) is 5.75 Å². The zero-order valence-corrected chi connectivity index (χ0v) is 22.9. The Morgan fingerprint density at radius 3 is 2.74 bits per heavy atom. The summed E-state index contributed by atoms with van der Waals surface area (Å²) in [6, 6.07) is 17.0. The van der Waals surface area contributed by atoms with Crippen molar-refractivity contribution in [2.75, 3.05) is 26.7 Å². The topological polar surface area (TPSA) is 54.9 Å². The van der Waals surface area contributed by atoms with E-state index in [0.29, 0.717) is 30.2 Å². The summed E-state index contributed by atoms with van der Waals surface area (Å²) in [7, 11) is 1.62. The predicted octanol–water partition coefficient (Wildman–Crippen LogP) is 5.74. The summed E-state index contributed by atoms with van der Waals surface area (Å²) in [5.41, 5.74) is 4.60. The van der Waals surface area contributed by atoms with E-state index in [2.05, 4.69) is 15.4 Å². The van der Waals surface area contributed by atoms with Gasteiger partial charge in [-0.3, -0.25) is 9.78 Å². The number of likely N-dealkylation sites (tertiary alicyclic amines) is 1. The molecule has 3 heterocycles. The Labute approximate surface area is 228 Å². The van der Waals surface area contributed by atoms with E-state index >= 15 is 0 Å². The Morgan fingerprint density at radius 1 is 1.11 bits per heavy atom. The molecule has 2 aliphatic rings. The summed E-state index contributed by atoms with van der Waals surface area (Å²) < 4.78 is 28.9. The van der Waals surface area contributed by atoms with Gasteiger partial charge in [-0.05, 0) is 68.1 Å². The monoisotopic (exact) mass is 535 g/mol. The maximum absolute atomic E-state index is 14.6. The molecule has 0 bridgehead atoms. The van der Waals surface area contributed by atoms with Gasteiger partial charge in [0.25, 0.3) is 5.91 Å². The summed E-state index contributed by atoms with van der Waals surface area (Å²) >= 11 is 1.70. The van der Waals surface area contributed by atoms with Crippen LogP contribution in [0.3, 0.4) is 0 Å². The van der Waals surface area contributed by atoms with E-state index in [4.69, 9.17) is 9.47 Å². The van der Waals surface area contributed by atoms with Gasteiger partial charge < -0.3 is 14.4 Å². The van der Waals surface area contributed by atoms with Crippen molar-refractivity contribution in [3.63, 3.8) is 0 Å². The molecule has 0 radical (unpaired) electrons. The molecular weight excluding hydrogens is 501 g/mol. The van der Waals surface area contributed by atoms with Crippen molar-refractivity contribution < 1.29 is 18.7 Å². The first kappa shape index (κ1) is 26.7. The third-order valence-electron chi connectivity index (χ3n) is 7.28. The Kier molecular flexibility index (Phi) is 8.31. The fraction of sp³-hybridized carbons (Fsp3) is 0.400. The maximum Gasteiger partial charge on any atom is 0.254 e. The number of benzene rings is 2. The quantitative estimate of drug-likeness (QED) is 0.343. The molecular formula is C30H34FN3O3S. The highest BCUT2D eigenvalue weighted by atomic mass is 32.2. The molecule has 3 unspecified atom stereocenters. The minimum atomic E-state index is -0.386. The van der Waals surface area contributed by atoms with Crippen LogP contribution in [0.25, 0.3) is 0 Å². The van der Waals surface area contributed by atoms with Gasteiger partial charge in [0.15, 0.2) is 0 Å². The molecule has 1 aromatic heterocycles. The SMILES string of the molecule is COC1CN(C(=O)c2cc(C)ccc2C)CC1Oc1cc(F)cc(CSN2CCCC2c2ccccn2)c1. The summed E-state index contributed by atoms with van der Waals surface area (Å²) in [6.07, 6.45) is 3.33. The molecule has 0 N–H and O–H groups in total. The molecule has 38 heavy (non-hydrogen) atoms. The first-order valence-electron chi connectivity index (χ1n) is 13.1. The van der Waals surface area contributed by atoms with Crippen molar-refractivity contribution in [3.05, 3.63) is 94.6 Å². The number of rotatable bonds is 8. The smallest absolute Gasteiger partial charge is 0.254 e. The molecule has 8 heteroatoms. The lowest BCUT2D eigenvalue weighted by atomic mass is 10.0. The van der Waals surface area contributed by atoms with Crippen LogP contribution < -0.4 is 4.74 Å². The van der Waals surface area contributed by atoms with Gasteiger partial charge in [-0.25, -0.2) is 8.70 Å². The molecule has 3 aromatic rings. The van der Waals surface area contributed by atoms with Crippen molar-refractivity contribution in [2.45, 2.75) is 50.7 Å². The van der Waals surface area contributed by atoms with Gasteiger partial charge in [-0.2, -0.15) is 0 Å². The summed E-state index contributed by atoms with van der Waals surface area (Å²) in [5, 5.41) is 0. The van der Waals surface area contributed by atoms with E-state index in [1.807, 2.05) is 56.4 Å². The third-order valence-corrected chi connectivity index (χ3v) is 8.51. The van der Waals surface area contributed by atoms with E-state index < -0.39 is 0 Å². The van der Waals surface area contributed by atoms with E-state index in [0.717, 1.165) is 41.8 Å². The number of hydrogen-bond donors (Lipinski definition) is 0. The molecule has 6 nitrogen and oxygen atoms in total. The zero-order valence-electron chi connectivity index (χ0n) is 22.1. The Balaban J connectivity index is 1.25. The van der Waals surface area contributed by atoms with Crippen molar-refractivity contribution in [1.29, 1.82) is 0 Å². The molecule has 5 rings (SSSR count). The number of ether oxygens (including phenoxy) is 2. The number of halogens is 1. The standard InChI is InChI=1S/C30H34FN3O3S/c1-20-9-10-21(2)25(13-20)30(35)33-17-28(36-3)29(18-33)37-24-15-22(14-23(31)16-24)19-38-34-12-6-8-27(34)26-7-4-5-11-32-26/h4-5,7,9-11,13-16,27-29H,6,8,12,17-19H2,1-3H3. The van der Waals surface area contributed by atoms with Gasteiger partial charge >= 0.3 is 0 Å². The molecule has 2 aromatic carbocycles. The minimum Gasteiger partial charge on any atom is -0.486 e. The highest BCUT2D eigenvalue weighted by molar-refractivity contribution is 7.96. The number of amides is 1. The van der Waals surface area contributed by atoms with E-state index in [-0.39, 0.29) is 30.0 Å². The number of hydrogen-bond acceptors (Lipinski definition) is 6. The second kappa shape index (κ2) is 11.8. The minimum absolute atomic E-state index is 0.0382. The maximum atomic E-state index is 14.6. The van der Waals surface area contributed by atoms with Crippen LogP contribution >= 0.6 is 11.9 Å². The molecule has 200 valence electrons. The molecule has 0 aliphatic carbocycles. The highest BCUT2D eigenvalue weighted by Crippen LogP contribution is 2.37. The van der Waals surface area contributed by atoms with Gasteiger partial charge in [0.2, 0.25) is 0 Å². The fourth-order valence-electron chi connectivity index (χ4n) is 5.25. The van der Waals surface area contributed by atoms with Crippen molar-refractivity contribution >= 4 is 17.9 Å². The Hall–Kier alpha value is -2.94. The number of aryl methyl sites for hydroxylation is 2. The van der Waals surface area contributed by atoms with Crippen LogP contribution in [0.1, 0.15) is 51.6 Å². The lowest BCUT2D eigenvalue weighted by Gasteiger charge is -2.23. The number of methoxy groups -OCH3 is 1. The second-order valence-corrected chi connectivity index (χ2v) is 11.1.